The molecule has 1 saturated heterocycles. The molecule has 5 heteroatoms. The molecule has 0 amide bonds. The second-order valence-corrected chi connectivity index (χ2v) is 6.02. The summed E-state index contributed by atoms with van der Waals surface area (Å²) in [4.78, 5) is 6.58. The molecule has 1 aliphatic rings. The van der Waals surface area contributed by atoms with Gasteiger partial charge in [0.25, 0.3) is 0 Å². The highest BCUT2D eigenvalue weighted by Gasteiger charge is 2.30. The Morgan fingerprint density at radius 2 is 2.29 bits per heavy atom. The summed E-state index contributed by atoms with van der Waals surface area (Å²) in [5, 5.41) is 3.30. The summed E-state index contributed by atoms with van der Waals surface area (Å²) in [5.41, 5.74) is 0.885. The SMILES string of the molecule is CNC(c1ccc(F)cn1)C(C)CN(C)C1CCOC1C. The van der Waals surface area contributed by atoms with E-state index in [0.717, 1.165) is 25.3 Å². The van der Waals surface area contributed by atoms with Crippen LogP contribution in [-0.4, -0.2) is 49.3 Å². The second kappa shape index (κ2) is 7.29. The minimum Gasteiger partial charge on any atom is -0.377 e. The van der Waals surface area contributed by atoms with Gasteiger partial charge in [-0.1, -0.05) is 6.92 Å². The third kappa shape index (κ3) is 3.99. The molecule has 1 fully saturated rings. The molecule has 0 bridgehead atoms. The summed E-state index contributed by atoms with van der Waals surface area (Å²) in [5.74, 6) is 0.0704. The maximum atomic E-state index is 13.0. The molecule has 4 unspecified atom stereocenters. The number of pyridine rings is 1. The molecule has 1 N–H and O–H groups in total. The van der Waals surface area contributed by atoms with Crippen LogP contribution in [0.5, 0.6) is 0 Å². The van der Waals surface area contributed by atoms with E-state index in [-0.39, 0.29) is 11.9 Å². The van der Waals surface area contributed by atoms with E-state index in [9.17, 15) is 4.39 Å². The van der Waals surface area contributed by atoms with E-state index in [2.05, 4.69) is 36.1 Å². The molecule has 0 aliphatic carbocycles. The third-order valence-corrected chi connectivity index (χ3v) is 4.43. The van der Waals surface area contributed by atoms with E-state index in [1.807, 2.05) is 7.05 Å². The molecule has 0 spiro atoms. The number of hydrogen-bond acceptors (Lipinski definition) is 4. The number of likely N-dealkylation sites (N-methyl/N-ethyl adjacent to an activating group) is 1. The van der Waals surface area contributed by atoms with Crippen molar-refractivity contribution in [1.82, 2.24) is 15.2 Å². The first-order chi connectivity index (χ1) is 10.0. The van der Waals surface area contributed by atoms with Crippen LogP contribution in [0, 0.1) is 11.7 Å². The van der Waals surface area contributed by atoms with E-state index in [1.165, 1.54) is 12.3 Å². The van der Waals surface area contributed by atoms with Crippen molar-refractivity contribution in [3.05, 3.63) is 29.8 Å². The molecule has 1 aromatic heterocycles. The molecule has 2 heterocycles. The lowest BCUT2D eigenvalue weighted by molar-refractivity contribution is 0.0766. The van der Waals surface area contributed by atoms with Gasteiger partial charge in [-0.15, -0.1) is 0 Å². The van der Waals surface area contributed by atoms with Gasteiger partial charge < -0.3 is 15.0 Å². The first kappa shape index (κ1) is 16.3. The van der Waals surface area contributed by atoms with Gasteiger partial charge in [-0.05, 0) is 45.5 Å². The highest BCUT2D eigenvalue weighted by atomic mass is 19.1. The number of halogens is 1. The fraction of sp³-hybridized carbons (Fsp3) is 0.688. The number of nitrogens with zero attached hydrogens (tertiary/aromatic N) is 2. The van der Waals surface area contributed by atoms with E-state index in [1.54, 1.807) is 6.07 Å². The van der Waals surface area contributed by atoms with Crippen molar-refractivity contribution >= 4 is 0 Å². The molecular formula is C16H26FN3O. The average molecular weight is 295 g/mol. The van der Waals surface area contributed by atoms with Gasteiger partial charge in [0.05, 0.1) is 24.0 Å². The van der Waals surface area contributed by atoms with Crippen LogP contribution in [0.2, 0.25) is 0 Å². The van der Waals surface area contributed by atoms with Crippen LogP contribution in [0.15, 0.2) is 18.3 Å². The van der Waals surface area contributed by atoms with Crippen molar-refractivity contribution in [2.24, 2.45) is 5.92 Å². The summed E-state index contributed by atoms with van der Waals surface area (Å²) < 4.78 is 18.6. The lowest BCUT2D eigenvalue weighted by Gasteiger charge is -2.32. The van der Waals surface area contributed by atoms with Gasteiger partial charge in [0.1, 0.15) is 5.82 Å². The zero-order valence-corrected chi connectivity index (χ0v) is 13.3. The van der Waals surface area contributed by atoms with Crippen LogP contribution < -0.4 is 5.32 Å². The van der Waals surface area contributed by atoms with Crippen molar-refractivity contribution < 1.29 is 9.13 Å². The zero-order chi connectivity index (χ0) is 15.4. The van der Waals surface area contributed by atoms with E-state index in [0.29, 0.717) is 18.1 Å². The smallest absolute Gasteiger partial charge is 0.141 e. The number of rotatable bonds is 6. The normalized spacial score (nSPS) is 25.2. The second-order valence-electron chi connectivity index (χ2n) is 6.02. The lowest BCUT2D eigenvalue weighted by atomic mass is 9.96. The Balaban J connectivity index is 1.99. The topological polar surface area (TPSA) is 37.4 Å². The van der Waals surface area contributed by atoms with Crippen LogP contribution in [0.4, 0.5) is 4.39 Å². The summed E-state index contributed by atoms with van der Waals surface area (Å²) in [6, 6.07) is 3.82. The number of aromatic nitrogens is 1. The predicted octanol–water partition coefficient (Wildman–Crippen LogP) is 2.23. The number of nitrogens with one attached hydrogen (secondary N) is 1. The predicted molar refractivity (Wildman–Crippen MR) is 81.6 cm³/mol. The Morgan fingerprint density at radius 1 is 1.52 bits per heavy atom. The lowest BCUT2D eigenvalue weighted by Crippen LogP contribution is -2.41. The van der Waals surface area contributed by atoms with Crippen LogP contribution >= 0.6 is 0 Å². The largest absolute Gasteiger partial charge is 0.377 e. The third-order valence-electron chi connectivity index (χ3n) is 4.43. The van der Waals surface area contributed by atoms with E-state index in [4.69, 9.17) is 4.74 Å². The maximum Gasteiger partial charge on any atom is 0.141 e. The Bertz CT molecular complexity index is 440. The van der Waals surface area contributed by atoms with Gasteiger partial charge in [-0.3, -0.25) is 4.98 Å². The van der Waals surface area contributed by atoms with E-state index < -0.39 is 0 Å². The fourth-order valence-electron chi connectivity index (χ4n) is 3.29. The zero-order valence-electron chi connectivity index (χ0n) is 13.3. The van der Waals surface area contributed by atoms with Gasteiger partial charge in [-0.25, -0.2) is 4.39 Å². The molecular weight excluding hydrogens is 269 g/mol. The quantitative estimate of drug-likeness (QED) is 0.873. The molecule has 1 aromatic rings. The molecule has 0 radical (unpaired) electrons. The van der Waals surface area contributed by atoms with Crippen molar-refractivity contribution in [1.29, 1.82) is 0 Å². The molecule has 2 rings (SSSR count). The van der Waals surface area contributed by atoms with Crippen molar-refractivity contribution in [3.8, 4) is 0 Å². The van der Waals surface area contributed by atoms with Gasteiger partial charge in [0, 0.05) is 19.2 Å². The summed E-state index contributed by atoms with van der Waals surface area (Å²) in [7, 11) is 4.07. The summed E-state index contributed by atoms with van der Waals surface area (Å²) >= 11 is 0. The minimum absolute atomic E-state index is 0.116. The number of hydrogen-bond donors (Lipinski definition) is 1. The van der Waals surface area contributed by atoms with Crippen LogP contribution in [0.1, 0.15) is 32.0 Å². The first-order valence-corrected chi connectivity index (χ1v) is 7.63. The Hall–Kier alpha value is -1.04. The van der Waals surface area contributed by atoms with Gasteiger partial charge in [0.2, 0.25) is 0 Å². The molecule has 1 aliphatic heterocycles. The van der Waals surface area contributed by atoms with Gasteiger partial charge in [-0.2, -0.15) is 0 Å². The van der Waals surface area contributed by atoms with Crippen LogP contribution in [-0.2, 0) is 4.74 Å². The average Bonchev–Trinajstić information content (AvgIpc) is 2.88. The van der Waals surface area contributed by atoms with Crippen molar-refractivity contribution in [3.63, 3.8) is 0 Å². The van der Waals surface area contributed by atoms with Crippen LogP contribution in [0.3, 0.4) is 0 Å². The standard InChI is InChI=1S/C16H26FN3O/c1-11(10-20(4)15-7-8-21-12(15)2)16(18-3)14-6-5-13(17)9-19-14/h5-6,9,11-12,15-16,18H,7-8,10H2,1-4H3. The Morgan fingerprint density at radius 3 is 2.81 bits per heavy atom. The van der Waals surface area contributed by atoms with Gasteiger partial charge >= 0.3 is 0 Å². The Labute approximate surface area is 126 Å². The molecule has 0 aromatic carbocycles. The summed E-state index contributed by atoms with van der Waals surface area (Å²) in [6.07, 6.45) is 2.66. The van der Waals surface area contributed by atoms with Crippen molar-refractivity contribution in [2.45, 2.75) is 38.5 Å². The van der Waals surface area contributed by atoms with E-state index >= 15 is 0 Å². The highest BCUT2D eigenvalue weighted by molar-refractivity contribution is 5.11. The highest BCUT2D eigenvalue weighted by Crippen LogP contribution is 2.24. The minimum atomic E-state index is -0.296. The molecule has 4 atom stereocenters. The first-order valence-electron chi connectivity index (χ1n) is 7.63. The molecule has 4 nitrogen and oxygen atoms in total. The maximum absolute atomic E-state index is 13.0. The van der Waals surface area contributed by atoms with Crippen molar-refractivity contribution in [2.75, 3.05) is 27.2 Å². The fourth-order valence-corrected chi connectivity index (χ4v) is 3.29. The van der Waals surface area contributed by atoms with Crippen LogP contribution in [0.25, 0.3) is 0 Å². The number of ether oxygens (including phenoxy) is 1. The monoisotopic (exact) mass is 295 g/mol. The van der Waals surface area contributed by atoms with Gasteiger partial charge in [0.15, 0.2) is 0 Å². The Kier molecular flexibility index (Phi) is 5.67. The molecule has 0 saturated carbocycles. The molecule has 118 valence electrons. The molecule has 21 heavy (non-hydrogen) atoms. The summed E-state index contributed by atoms with van der Waals surface area (Å²) in [6.45, 7) is 6.13.